The highest BCUT2D eigenvalue weighted by Gasteiger charge is 2.18. The average molecular weight is 299 g/mol. The van der Waals surface area contributed by atoms with E-state index in [2.05, 4.69) is 20.7 Å². The molecule has 0 amide bonds. The summed E-state index contributed by atoms with van der Waals surface area (Å²) < 4.78 is 16.7. The van der Waals surface area contributed by atoms with Gasteiger partial charge in [0.25, 0.3) is 0 Å². The van der Waals surface area contributed by atoms with Gasteiger partial charge in [-0.15, -0.1) is 0 Å². The van der Waals surface area contributed by atoms with Crippen LogP contribution in [0.2, 0.25) is 0 Å². The van der Waals surface area contributed by atoms with Crippen molar-refractivity contribution in [1.29, 1.82) is 0 Å². The summed E-state index contributed by atoms with van der Waals surface area (Å²) in [5, 5.41) is 3.36. The van der Waals surface area contributed by atoms with Gasteiger partial charge < -0.3 is 15.5 Å². The van der Waals surface area contributed by atoms with Gasteiger partial charge in [-0.3, -0.25) is 4.21 Å². The van der Waals surface area contributed by atoms with Crippen molar-refractivity contribution in [3.8, 4) is 0 Å². The molecule has 1 fully saturated rings. The Morgan fingerprint density at radius 1 is 1.40 bits per heavy atom. The predicted molar refractivity (Wildman–Crippen MR) is 79.7 cm³/mol. The zero-order valence-corrected chi connectivity index (χ0v) is 12.4. The van der Waals surface area contributed by atoms with Gasteiger partial charge >= 0.3 is 0 Å². The van der Waals surface area contributed by atoms with Crippen molar-refractivity contribution in [2.45, 2.75) is 32.4 Å². The lowest BCUT2D eigenvalue weighted by Crippen LogP contribution is -2.30. The monoisotopic (exact) mass is 299 g/mol. The van der Waals surface area contributed by atoms with E-state index in [0.29, 0.717) is 30.9 Å². The molecule has 0 unspecified atom stereocenters. The van der Waals surface area contributed by atoms with Gasteiger partial charge in [0.15, 0.2) is 5.82 Å². The Balaban J connectivity index is 2.03. The number of nitrogens with two attached hydrogens (primary N) is 1. The Morgan fingerprint density at radius 3 is 2.75 bits per heavy atom. The number of nitrogen functional groups attached to an aromatic ring is 1. The van der Waals surface area contributed by atoms with E-state index in [1.165, 1.54) is 0 Å². The summed E-state index contributed by atoms with van der Waals surface area (Å²) >= 11 is 0. The molecule has 0 atom stereocenters. The quantitative estimate of drug-likeness (QED) is 0.523. The predicted octanol–water partition coefficient (Wildman–Crippen LogP) is 0.622. The fraction of sp³-hybridized carbons (Fsp3) is 0.667. The van der Waals surface area contributed by atoms with E-state index in [9.17, 15) is 4.21 Å². The van der Waals surface area contributed by atoms with Crippen LogP contribution in [0.3, 0.4) is 0 Å². The number of ether oxygens (including phenoxy) is 1. The summed E-state index contributed by atoms with van der Waals surface area (Å²) in [5.74, 6) is 8.77. The minimum Gasteiger partial charge on any atom is -0.374 e. The summed E-state index contributed by atoms with van der Waals surface area (Å²) in [5.41, 5.74) is 2.53. The van der Waals surface area contributed by atoms with Gasteiger partial charge in [0, 0.05) is 41.0 Å². The van der Waals surface area contributed by atoms with Crippen molar-refractivity contribution in [3.63, 3.8) is 0 Å². The number of rotatable bonds is 6. The van der Waals surface area contributed by atoms with E-state index < -0.39 is 10.8 Å². The smallest absolute Gasteiger partial charge is 0.158 e. The Kier molecular flexibility index (Phi) is 5.69. The van der Waals surface area contributed by atoms with Crippen molar-refractivity contribution in [2.24, 2.45) is 5.84 Å². The molecule has 2 rings (SSSR count). The van der Waals surface area contributed by atoms with Crippen LogP contribution in [0.25, 0.3) is 0 Å². The van der Waals surface area contributed by atoms with Crippen LogP contribution >= 0.6 is 0 Å². The minimum atomic E-state index is -0.659. The molecule has 4 N–H and O–H groups in total. The SMILES string of the molecule is CCOCc1nc(NN)cc(NC2CCS(=O)CC2)n1. The molecular formula is C12H21N5O2S. The molecule has 0 saturated carbocycles. The van der Waals surface area contributed by atoms with Crippen molar-refractivity contribution in [1.82, 2.24) is 9.97 Å². The minimum absolute atomic E-state index is 0.299. The van der Waals surface area contributed by atoms with Crippen LogP contribution in [0.4, 0.5) is 11.6 Å². The van der Waals surface area contributed by atoms with Crippen molar-refractivity contribution >= 4 is 22.4 Å². The van der Waals surface area contributed by atoms with Crippen LogP contribution in [0.1, 0.15) is 25.6 Å². The van der Waals surface area contributed by atoms with Crippen molar-refractivity contribution < 1.29 is 8.95 Å². The second-order valence-corrected chi connectivity index (χ2v) is 6.30. The number of hydrazine groups is 1. The Bertz CT molecular complexity index is 461. The maximum Gasteiger partial charge on any atom is 0.158 e. The molecule has 1 aromatic heterocycles. The number of hydrogen-bond donors (Lipinski definition) is 3. The van der Waals surface area contributed by atoms with Crippen LogP contribution in [-0.2, 0) is 22.1 Å². The summed E-state index contributed by atoms with van der Waals surface area (Å²) in [6, 6.07) is 2.06. The van der Waals surface area contributed by atoms with Crippen LogP contribution in [0.5, 0.6) is 0 Å². The van der Waals surface area contributed by atoms with Gasteiger partial charge in [0.05, 0.1) is 0 Å². The Labute approximate surface area is 121 Å². The van der Waals surface area contributed by atoms with Gasteiger partial charge in [-0.2, -0.15) is 0 Å². The molecule has 0 bridgehead atoms. The molecule has 1 aliphatic heterocycles. The fourth-order valence-electron chi connectivity index (χ4n) is 2.05. The van der Waals surface area contributed by atoms with Gasteiger partial charge in [0.1, 0.15) is 18.2 Å². The molecule has 1 aliphatic rings. The lowest BCUT2D eigenvalue weighted by atomic mass is 10.1. The third-order valence-corrected chi connectivity index (χ3v) is 4.48. The van der Waals surface area contributed by atoms with Crippen LogP contribution in [0.15, 0.2) is 6.07 Å². The zero-order valence-electron chi connectivity index (χ0n) is 11.6. The van der Waals surface area contributed by atoms with Crippen LogP contribution in [0, 0.1) is 0 Å². The highest BCUT2D eigenvalue weighted by molar-refractivity contribution is 7.85. The first kappa shape index (κ1) is 15.1. The third-order valence-electron chi connectivity index (χ3n) is 3.10. The Morgan fingerprint density at radius 2 is 2.10 bits per heavy atom. The van der Waals surface area contributed by atoms with Crippen molar-refractivity contribution in [3.05, 3.63) is 11.9 Å². The molecule has 1 saturated heterocycles. The zero-order chi connectivity index (χ0) is 14.4. The molecule has 0 aliphatic carbocycles. The summed E-state index contributed by atoms with van der Waals surface area (Å²) in [6.07, 6.45) is 1.78. The Hall–Kier alpha value is -1.25. The molecule has 0 aromatic carbocycles. The van der Waals surface area contributed by atoms with Gasteiger partial charge in [0.2, 0.25) is 0 Å². The highest BCUT2D eigenvalue weighted by Crippen LogP contribution is 2.17. The molecule has 0 spiro atoms. The first-order valence-electron chi connectivity index (χ1n) is 6.75. The van der Waals surface area contributed by atoms with Gasteiger partial charge in [-0.25, -0.2) is 15.8 Å². The van der Waals surface area contributed by atoms with E-state index in [1.807, 2.05) is 6.92 Å². The van der Waals surface area contributed by atoms with E-state index in [1.54, 1.807) is 6.07 Å². The number of aromatic nitrogens is 2. The maximum absolute atomic E-state index is 11.3. The highest BCUT2D eigenvalue weighted by atomic mass is 32.2. The largest absolute Gasteiger partial charge is 0.374 e. The lowest BCUT2D eigenvalue weighted by Gasteiger charge is -2.23. The number of hydrogen-bond acceptors (Lipinski definition) is 7. The molecule has 112 valence electrons. The van der Waals surface area contributed by atoms with E-state index in [0.717, 1.165) is 30.2 Å². The number of nitrogens with one attached hydrogen (secondary N) is 2. The molecule has 8 heteroatoms. The third kappa shape index (κ3) is 4.39. The van der Waals surface area contributed by atoms with Gasteiger partial charge in [-0.05, 0) is 19.8 Å². The van der Waals surface area contributed by atoms with Crippen molar-refractivity contribution in [2.75, 3.05) is 28.9 Å². The summed E-state index contributed by atoms with van der Waals surface area (Å²) in [6.45, 7) is 2.89. The second kappa shape index (κ2) is 7.51. The molecule has 2 heterocycles. The molecule has 0 radical (unpaired) electrons. The first-order chi connectivity index (χ1) is 9.71. The topological polar surface area (TPSA) is 102 Å². The molecular weight excluding hydrogens is 278 g/mol. The van der Waals surface area contributed by atoms with E-state index >= 15 is 0 Å². The lowest BCUT2D eigenvalue weighted by molar-refractivity contribution is 0.128. The van der Waals surface area contributed by atoms with Crippen LogP contribution in [-0.4, -0.2) is 38.3 Å². The summed E-state index contributed by atoms with van der Waals surface area (Å²) in [4.78, 5) is 8.65. The number of anilines is 2. The normalized spacial score (nSPS) is 22.5. The average Bonchev–Trinajstić information content (AvgIpc) is 2.47. The van der Waals surface area contributed by atoms with Gasteiger partial charge in [-0.1, -0.05) is 0 Å². The molecule has 20 heavy (non-hydrogen) atoms. The van der Waals surface area contributed by atoms with E-state index in [4.69, 9.17) is 10.6 Å². The standard InChI is InChI=1S/C12H21N5O2S/c1-2-19-8-12-15-10(7-11(16-12)17-13)14-9-3-5-20(18)6-4-9/h7,9H,2-6,8,13H2,1H3,(H2,14,15,16,17). The fourth-order valence-corrected chi connectivity index (χ4v) is 3.35. The summed E-state index contributed by atoms with van der Waals surface area (Å²) in [7, 11) is -0.659. The molecule has 1 aromatic rings. The molecule has 7 nitrogen and oxygen atoms in total. The maximum atomic E-state index is 11.3. The second-order valence-electron chi connectivity index (χ2n) is 4.60. The van der Waals surface area contributed by atoms with Crippen LogP contribution < -0.4 is 16.6 Å². The van der Waals surface area contributed by atoms with E-state index in [-0.39, 0.29) is 0 Å². The first-order valence-corrected chi connectivity index (χ1v) is 8.24. The number of nitrogens with zero attached hydrogens (tertiary/aromatic N) is 2.